The minimum Gasteiger partial charge on any atom is -0.481 e. The molecule has 0 aromatic rings. The average molecular weight is 413 g/mol. The number of hydrogen-bond donors (Lipinski definition) is 2. The van der Waals surface area contributed by atoms with Crippen LogP contribution in [0.1, 0.15) is 89.9 Å². The van der Waals surface area contributed by atoms with Gasteiger partial charge in [-0.05, 0) is 48.9 Å². The SMILES string of the molecule is O=C(Cl)CCCCCCCC(=O)Cl.O=C(O)CCCCCCCC(=O)O. The predicted octanol–water partition coefficient (Wildman–Crippen LogP) is 5.13. The summed E-state index contributed by atoms with van der Waals surface area (Å²) in [4.78, 5) is 40.9. The van der Waals surface area contributed by atoms with Crippen molar-refractivity contribution in [3.63, 3.8) is 0 Å². The first kappa shape index (κ1) is 27.1. The van der Waals surface area contributed by atoms with Crippen LogP contribution in [0.3, 0.4) is 0 Å². The van der Waals surface area contributed by atoms with Gasteiger partial charge in [-0.15, -0.1) is 0 Å². The number of aliphatic carboxylic acids is 2. The molecule has 0 aliphatic carbocycles. The van der Waals surface area contributed by atoms with Crippen molar-refractivity contribution in [3.8, 4) is 0 Å². The lowest BCUT2D eigenvalue weighted by molar-refractivity contribution is -0.138. The van der Waals surface area contributed by atoms with E-state index in [0.29, 0.717) is 25.7 Å². The summed E-state index contributed by atoms with van der Waals surface area (Å²) in [5, 5.41) is 16.1. The summed E-state index contributed by atoms with van der Waals surface area (Å²) >= 11 is 10.3. The van der Waals surface area contributed by atoms with E-state index in [1.807, 2.05) is 0 Å². The van der Waals surface area contributed by atoms with Crippen LogP contribution in [-0.4, -0.2) is 32.6 Å². The minimum atomic E-state index is -0.759. The highest BCUT2D eigenvalue weighted by molar-refractivity contribution is 6.63. The lowest BCUT2D eigenvalue weighted by Gasteiger charge is -1.97. The van der Waals surface area contributed by atoms with E-state index in [1.54, 1.807) is 0 Å². The van der Waals surface area contributed by atoms with Gasteiger partial charge in [-0.3, -0.25) is 19.2 Å². The van der Waals surface area contributed by atoms with Gasteiger partial charge in [-0.2, -0.15) is 0 Å². The fraction of sp³-hybridized carbons (Fsp3) is 0.778. The van der Waals surface area contributed by atoms with Gasteiger partial charge in [-0.25, -0.2) is 0 Å². The highest BCUT2D eigenvalue weighted by Crippen LogP contribution is 2.09. The summed E-state index contributed by atoms with van der Waals surface area (Å²) < 4.78 is 0. The first-order chi connectivity index (χ1) is 12.3. The third-order valence-electron chi connectivity index (χ3n) is 3.53. The number of carboxylic acids is 2. The molecule has 0 aromatic heterocycles. The molecule has 0 bridgehead atoms. The van der Waals surface area contributed by atoms with Gasteiger partial charge in [-0.1, -0.05) is 38.5 Å². The second-order valence-corrected chi connectivity index (χ2v) is 6.88. The summed E-state index contributed by atoms with van der Waals surface area (Å²) in [6.07, 6.45) is 10.2. The summed E-state index contributed by atoms with van der Waals surface area (Å²) in [5.74, 6) is -1.52. The van der Waals surface area contributed by atoms with Crippen LogP contribution >= 0.6 is 23.2 Å². The van der Waals surface area contributed by atoms with E-state index in [0.717, 1.165) is 51.4 Å². The van der Waals surface area contributed by atoms with Crippen LogP contribution in [0.15, 0.2) is 0 Å². The Morgan fingerprint density at radius 2 is 0.692 bits per heavy atom. The molecule has 0 fully saturated rings. The zero-order valence-corrected chi connectivity index (χ0v) is 16.7. The molecule has 0 unspecified atom stereocenters. The molecule has 0 heterocycles. The number of carbonyl (C=O) groups excluding carboxylic acids is 2. The maximum atomic E-state index is 10.3. The van der Waals surface area contributed by atoms with Crippen molar-refractivity contribution in [1.82, 2.24) is 0 Å². The van der Waals surface area contributed by atoms with Crippen LogP contribution in [0.5, 0.6) is 0 Å². The first-order valence-electron chi connectivity index (χ1n) is 9.06. The molecular weight excluding hydrogens is 383 g/mol. The van der Waals surface area contributed by atoms with Crippen molar-refractivity contribution >= 4 is 45.6 Å². The summed E-state index contributed by atoms with van der Waals surface area (Å²) in [6.45, 7) is 0. The van der Waals surface area contributed by atoms with Gasteiger partial charge in [0.1, 0.15) is 0 Å². The monoisotopic (exact) mass is 412 g/mol. The van der Waals surface area contributed by atoms with Crippen molar-refractivity contribution in [2.75, 3.05) is 0 Å². The van der Waals surface area contributed by atoms with Gasteiger partial charge in [0.25, 0.3) is 0 Å². The van der Waals surface area contributed by atoms with Crippen molar-refractivity contribution in [3.05, 3.63) is 0 Å². The van der Waals surface area contributed by atoms with E-state index in [-0.39, 0.29) is 23.3 Å². The molecule has 8 heteroatoms. The van der Waals surface area contributed by atoms with Gasteiger partial charge >= 0.3 is 11.9 Å². The van der Waals surface area contributed by atoms with E-state index in [1.165, 1.54) is 0 Å². The number of carboxylic acid groups (broad SMARTS) is 2. The zero-order chi connectivity index (χ0) is 20.2. The molecule has 0 aliphatic rings. The van der Waals surface area contributed by atoms with Crippen LogP contribution in [0.4, 0.5) is 0 Å². The van der Waals surface area contributed by atoms with E-state index in [9.17, 15) is 19.2 Å². The Morgan fingerprint density at radius 1 is 0.462 bits per heavy atom. The molecule has 0 saturated carbocycles. The third-order valence-corrected chi connectivity index (χ3v) is 3.91. The van der Waals surface area contributed by atoms with E-state index in [4.69, 9.17) is 33.4 Å². The summed E-state index contributed by atoms with van der Waals surface area (Å²) in [6, 6.07) is 0. The standard InChI is InChI=1S/C9H14Cl2O2.C9H16O4/c10-8(12)6-4-2-1-3-5-7-9(11)13;10-8(11)6-4-2-1-3-5-7-9(12)13/h1-7H2;1-7H2,(H,10,11)(H,12,13). The fourth-order valence-electron chi connectivity index (χ4n) is 2.14. The Balaban J connectivity index is 0. The smallest absolute Gasteiger partial charge is 0.303 e. The molecule has 0 atom stereocenters. The molecule has 0 saturated heterocycles. The lowest BCUT2D eigenvalue weighted by atomic mass is 10.1. The molecule has 0 rings (SSSR count). The number of rotatable bonds is 16. The Bertz CT molecular complexity index is 338. The molecule has 26 heavy (non-hydrogen) atoms. The van der Waals surface area contributed by atoms with Gasteiger partial charge in [0.2, 0.25) is 10.5 Å². The van der Waals surface area contributed by atoms with Gasteiger partial charge in [0.15, 0.2) is 0 Å². The normalized spacial score (nSPS) is 9.92. The van der Waals surface area contributed by atoms with Gasteiger partial charge in [0.05, 0.1) is 0 Å². The topological polar surface area (TPSA) is 109 Å². The lowest BCUT2D eigenvalue weighted by Crippen LogP contribution is -1.95. The van der Waals surface area contributed by atoms with E-state index >= 15 is 0 Å². The second kappa shape index (κ2) is 20.2. The molecule has 0 spiro atoms. The van der Waals surface area contributed by atoms with Crippen molar-refractivity contribution in [2.45, 2.75) is 89.9 Å². The molecule has 2 N–H and O–H groups in total. The summed E-state index contributed by atoms with van der Waals surface area (Å²) in [5.41, 5.74) is 0. The van der Waals surface area contributed by atoms with Crippen LogP contribution in [0.25, 0.3) is 0 Å². The van der Waals surface area contributed by atoms with Crippen molar-refractivity contribution in [1.29, 1.82) is 0 Å². The second-order valence-electron chi connectivity index (χ2n) is 6.03. The van der Waals surface area contributed by atoms with Crippen molar-refractivity contribution in [2.24, 2.45) is 0 Å². The molecule has 0 aliphatic heterocycles. The van der Waals surface area contributed by atoms with E-state index in [2.05, 4.69) is 0 Å². The maximum Gasteiger partial charge on any atom is 0.303 e. The number of halogens is 2. The molecule has 152 valence electrons. The zero-order valence-electron chi connectivity index (χ0n) is 15.2. The van der Waals surface area contributed by atoms with Gasteiger partial charge < -0.3 is 10.2 Å². The predicted molar refractivity (Wildman–Crippen MR) is 102 cm³/mol. The Kier molecular flexibility index (Phi) is 21.0. The number of hydrogen-bond acceptors (Lipinski definition) is 4. The van der Waals surface area contributed by atoms with Gasteiger partial charge in [0, 0.05) is 25.7 Å². The molecule has 6 nitrogen and oxygen atoms in total. The molecule has 0 aromatic carbocycles. The minimum absolute atomic E-state index is 0.221. The number of carbonyl (C=O) groups is 4. The van der Waals surface area contributed by atoms with Crippen LogP contribution in [0, 0.1) is 0 Å². The van der Waals surface area contributed by atoms with Crippen LogP contribution < -0.4 is 0 Å². The number of unbranched alkanes of at least 4 members (excludes halogenated alkanes) is 8. The average Bonchev–Trinajstić information content (AvgIpc) is 2.52. The highest BCUT2D eigenvalue weighted by Gasteiger charge is 1.99. The molecule has 0 radical (unpaired) electrons. The van der Waals surface area contributed by atoms with Crippen LogP contribution in [0.2, 0.25) is 0 Å². The maximum absolute atomic E-state index is 10.3. The molecule has 0 amide bonds. The van der Waals surface area contributed by atoms with Crippen LogP contribution in [-0.2, 0) is 19.2 Å². The fourth-order valence-corrected chi connectivity index (χ4v) is 2.41. The van der Waals surface area contributed by atoms with E-state index < -0.39 is 11.9 Å². The summed E-state index contributed by atoms with van der Waals surface area (Å²) in [7, 11) is 0. The first-order valence-corrected chi connectivity index (χ1v) is 9.81. The Morgan fingerprint density at radius 3 is 0.923 bits per heavy atom. The third kappa shape index (κ3) is 30.7. The Hall–Kier alpha value is -1.14. The van der Waals surface area contributed by atoms with Crippen molar-refractivity contribution < 1.29 is 29.4 Å². The molecular formula is C18H30Cl2O6. The quantitative estimate of drug-likeness (QED) is 0.268. The highest BCUT2D eigenvalue weighted by atomic mass is 35.5. The largest absolute Gasteiger partial charge is 0.481 e. The Labute approximate surface area is 165 Å².